The first-order valence-electron chi connectivity index (χ1n) is 6.81. The highest BCUT2D eigenvalue weighted by Gasteiger charge is 2.22. The van der Waals surface area contributed by atoms with Gasteiger partial charge in [-0.1, -0.05) is 42.0 Å². The van der Waals surface area contributed by atoms with E-state index >= 15 is 0 Å². The number of hydrogen-bond acceptors (Lipinski definition) is 0. The molecule has 2 aromatic rings. The zero-order valence-corrected chi connectivity index (χ0v) is 12.0. The fourth-order valence-corrected chi connectivity index (χ4v) is 2.89. The van der Waals surface area contributed by atoms with Crippen molar-refractivity contribution in [2.24, 2.45) is 0 Å². The van der Waals surface area contributed by atoms with Crippen molar-refractivity contribution >= 4 is 11.1 Å². The SMILES string of the molecule is CC1=C(c2ccc(C)cc2)[CH]c2ccc(C)c(C)c21. The Morgan fingerprint density at radius 3 is 2.11 bits per heavy atom. The number of benzene rings is 2. The van der Waals surface area contributed by atoms with Crippen LogP contribution in [-0.2, 0) is 0 Å². The van der Waals surface area contributed by atoms with E-state index in [1.54, 1.807) is 0 Å². The highest BCUT2D eigenvalue weighted by Crippen LogP contribution is 2.41. The Kier molecular flexibility index (Phi) is 2.82. The first-order chi connectivity index (χ1) is 9.08. The van der Waals surface area contributed by atoms with Crippen LogP contribution in [0.3, 0.4) is 0 Å². The van der Waals surface area contributed by atoms with E-state index in [2.05, 4.69) is 70.5 Å². The molecule has 19 heavy (non-hydrogen) atoms. The standard InChI is InChI=1S/C19H19/c1-12-5-8-16(9-6-12)18-11-17-10-7-13(2)14(3)19(17)15(18)4/h5-11H,1-4H3. The van der Waals surface area contributed by atoms with Crippen molar-refractivity contribution < 1.29 is 0 Å². The summed E-state index contributed by atoms with van der Waals surface area (Å²) >= 11 is 0. The van der Waals surface area contributed by atoms with Crippen LogP contribution in [0.5, 0.6) is 0 Å². The Morgan fingerprint density at radius 1 is 0.737 bits per heavy atom. The van der Waals surface area contributed by atoms with Crippen molar-refractivity contribution in [1.29, 1.82) is 0 Å². The van der Waals surface area contributed by atoms with Crippen molar-refractivity contribution in [3.05, 3.63) is 76.2 Å². The van der Waals surface area contributed by atoms with E-state index in [1.165, 1.54) is 44.5 Å². The van der Waals surface area contributed by atoms with Gasteiger partial charge in [0.25, 0.3) is 0 Å². The second kappa shape index (κ2) is 4.38. The average molecular weight is 247 g/mol. The Balaban J connectivity index is 2.14. The van der Waals surface area contributed by atoms with Crippen molar-refractivity contribution in [1.82, 2.24) is 0 Å². The highest BCUT2D eigenvalue weighted by atomic mass is 14.3. The van der Waals surface area contributed by atoms with Crippen LogP contribution in [0.2, 0.25) is 0 Å². The van der Waals surface area contributed by atoms with Crippen LogP contribution in [0.4, 0.5) is 0 Å². The molecule has 0 unspecified atom stereocenters. The van der Waals surface area contributed by atoms with E-state index in [9.17, 15) is 0 Å². The predicted molar refractivity (Wildman–Crippen MR) is 83.0 cm³/mol. The average Bonchev–Trinajstić information content (AvgIpc) is 2.73. The predicted octanol–water partition coefficient (Wildman–Crippen LogP) is 5.11. The summed E-state index contributed by atoms with van der Waals surface area (Å²) in [5.41, 5.74) is 11.0. The Bertz CT molecular complexity index is 670. The number of rotatable bonds is 1. The summed E-state index contributed by atoms with van der Waals surface area (Å²) in [7, 11) is 0. The Hall–Kier alpha value is -1.82. The maximum Gasteiger partial charge on any atom is 0.0214 e. The zero-order valence-electron chi connectivity index (χ0n) is 12.0. The summed E-state index contributed by atoms with van der Waals surface area (Å²) < 4.78 is 0. The third kappa shape index (κ3) is 1.92. The summed E-state index contributed by atoms with van der Waals surface area (Å²) in [4.78, 5) is 0. The normalized spacial score (nSPS) is 13.9. The molecule has 0 saturated carbocycles. The van der Waals surface area contributed by atoms with Crippen LogP contribution < -0.4 is 0 Å². The lowest BCUT2D eigenvalue weighted by Gasteiger charge is -2.08. The van der Waals surface area contributed by atoms with Gasteiger partial charge < -0.3 is 0 Å². The molecule has 0 saturated heterocycles. The van der Waals surface area contributed by atoms with Gasteiger partial charge in [0.1, 0.15) is 0 Å². The minimum Gasteiger partial charge on any atom is -0.0587 e. The topological polar surface area (TPSA) is 0 Å². The Morgan fingerprint density at radius 2 is 1.42 bits per heavy atom. The summed E-state index contributed by atoms with van der Waals surface area (Å²) in [5, 5.41) is 0. The van der Waals surface area contributed by atoms with Gasteiger partial charge in [-0.3, -0.25) is 0 Å². The monoisotopic (exact) mass is 247 g/mol. The van der Waals surface area contributed by atoms with E-state index in [1.807, 2.05) is 0 Å². The largest absolute Gasteiger partial charge is 0.0587 e. The molecule has 0 amide bonds. The lowest BCUT2D eigenvalue weighted by Crippen LogP contribution is -1.90. The number of fused-ring (bicyclic) bond motifs is 1. The maximum absolute atomic E-state index is 2.32. The fraction of sp³-hybridized carbons (Fsp3) is 0.211. The molecule has 0 N–H and O–H groups in total. The quantitative estimate of drug-likeness (QED) is 0.657. The first kappa shape index (κ1) is 12.2. The Labute approximate surface area is 115 Å². The second-order valence-corrected chi connectivity index (χ2v) is 5.52. The number of allylic oxidation sites excluding steroid dienone is 2. The molecule has 0 nitrogen and oxygen atoms in total. The van der Waals surface area contributed by atoms with E-state index in [0.29, 0.717) is 0 Å². The molecule has 0 heteroatoms. The number of aryl methyl sites for hydroxylation is 2. The van der Waals surface area contributed by atoms with Gasteiger partial charge in [-0.25, -0.2) is 0 Å². The van der Waals surface area contributed by atoms with Gasteiger partial charge in [0.15, 0.2) is 0 Å². The third-order valence-corrected chi connectivity index (χ3v) is 4.21. The molecule has 0 aromatic heterocycles. The van der Waals surface area contributed by atoms with Crippen LogP contribution in [0.15, 0.2) is 36.4 Å². The smallest absolute Gasteiger partial charge is 0.0214 e. The highest BCUT2D eigenvalue weighted by molar-refractivity contribution is 6.02. The second-order valence-electron chi connectivity index (χ2n) is 5.52. The molecule has 3 rings (SSSR count). The summed E-state index contributed by atoms with van der Waals surface area (Å²) in [5.74, 6) is 0. The molecular weight excluding hydrogens is 228 g/mol. The van der Waals surface area contributed by atoms with Crippen molar-refractivity contribution in [2.45, 2.75) is 27.7 Å². The molecular formula is C19H19. The zero-order chi connectivity index (χ0) is 13.6. The van der Waals surface area contributed by atoms with E-state index in [4.69, 9.17) is 0 Å². The van der Waals surface area contributed by atoms with Gasteiger partial charge in [0, 0.05) is 6.42 Å². The fourth-order valence-electron chi connectivity index (χ4n) is 2.89. The van der Waals surface area contributed by atoms with Gasteiger partial charge >= 0.3 is 0 Å². The molecule has 95 valence electrons. The summed E-state index contributed by atoms with van der Waals surface area (Å²) in [6, 6.07) is 13.3. The van der Waals surface area contributed by atoms with Crippen LogP contribution in [0, 0.1) is 27.2 Å². The molecule has 0 heterocycles. The molecule has 0 atom stereocenters. The van der Waals surface area contributed by atoms with E-state index < -0.39 is 0 Å². The van der Waals surface area contributed by atoms with Crippen molar-refractivity contribution in [3.8, 4) is 0 Å². The van der Waals surface area contributed by atoms with Gasteiger partial charge in [-0.2, -0.15) is 0 Å². The molecule has 2 aromatic carbocycles. The van der Waals surface area contributed by atoms with Gasteiger partial charge in [0.05, 0.1) is 0 Å². The van der Waals surface area contributed by atoms with Crippen LogP contribution >= 0.6 is 0 Å². The minimum atomic E-state index is 1.31. The molecule has 0 spiro atoms. The maximum atomic E-state index is 2.32. The van der Waals surface area contributed by atoms with Crippen molar-refractivity contribution in [2.75, 3.05) is 0 Å². The number of hydrogen-bond donors (Lipinski definition) is 0. The van der Waals surface area contributed by atoms with Gasteiger partial charge in [0.2, 0.25) is 0 Å². The minimum absolute atomic E-state index is 1.31. The molecule has 1 aliphatic rings. The molecule has 1 radical (unpaired) electrons. The summed E-state index contributed by atoms with van der Waals surface area (Å²) in [6.45, 7) is 8.78. The lowest BCUT2D eigenvalue weighted by molar-refractivity contribution is 1.30. The van der Waals surface area contributed by atoms with Crippen LogP contribution in [0.25, 0.3) is 11.1 Å². The van der Waals surface area contributed by atoms with Gasteiger partial charge in [-0.05, 0) is 66.7 Å². The van der Waals surface area contributed by atoms with E-state index in [-0.39, 0.29) is 0 Å². The molecule has 0 aliphatic heterocycles. The first-order valence-corrected chi connectivity index (χ1v) is 6.81. The van der Waals surface area contributed by atoms with Gasteiger partial charge in [-0.15, -0.1) is 0 Å². The summed E-state index contributed by atoms with van der Waals surface area (Å²) in [6.07, 6.45) is 2.32. The van der Waals surface area contributed by atoms with Crippen LogP contribution in [-0.4, -0.2) is 0 Å². The molecule has 1 aliphatic carbocycles. The third-order valence-electron chi connectivity index (χ3n) is 4.21. The lowest BCUT2D eigenvalue weighted by atomic mass is 9.96. The van der Waals surface area contributed by atoms with Crippen molar-refractivity contribution in [3.63, 3.8) is 0 Å². The van der Waals surface area contributed by atoms with E-state index in [0.717, 1.165) is 0 Å². The molecule has 0 bridgehead atoms. The van der Waals surface area contributed by atoms with Crippen LogP contribution in [0.1, 0.15) is 40.3 Å². The molecule has 0 fully saturated rings.